The van der Waals surface area contributed by atoms with Crippen molar-refractivity contribution in [3.05, 3.63) is 59.3 Å². The van der Waals surface area contributed by atoms with Crippen LogP contribution in [0.3, 0.4) is 0 Å². The van der Waals surface area contributed by atoms with Crippen LogP contribution in [0.2, 0.25) is 0 Å². The Hall–Kier alpha value is -3.32. The maximum atomic E-state index is 13.3. The second kappa shape index (κ2) is 9.44. The van der Waals surface area contributed by atoms with Crippen molar-refractivity contribution in [3.8, 4) is 17.2 Å². The molecule has 7 nitrogen and oxygen atoms in total. The molecular weight excluding hydrogens is 406 g/mol. The minimum atomic E-state index is 0.0262. The van der Waals surface area contributed by atoms with Gasteiger partial charge in [-0.1, -0.05) is 0 Å². The van der Waals surface area contributed by atoms with Gasteiger partial charge in [0.2, 0.25) is 0 Å². The molecule has 1 amide bonds. The molecule has 32 heavy (non-hydrogen) atoms. The van der Waals surface area contributed by atoms with Crippen molar-refractivity contribution in [2.24, 2.45) is 0 Å². The molecule has 0 bridgehead atoms. The van der Waals surface area contributed by atoms with E-state index in [1.54, 1.807) is 21.3 Å². The number of nitrogens with zero attached hydrogens (tertiary/aromatic N) is 3. The number of carbonyl (C=O) groups is 1. The van der Waals surface area contributed by atoms with Gasteiger partial charge in [-0.2, -0.15) is 0 Å². The molecule has 0 unspecified atom stereocenters. The van der Waals surface area contributed by atoms with Gasteiger partial charge < -0.3 is 19.1 Å². The first-order valence-corrected chi connectivity index (χ1v) is 10.7. The predicted molar refractivity (Wildman–Crippen MR) is 124 cm³/mol. The SMILES string of the molecule is COc1ccc(OC)c(CN2CCN(C(=O)c3cc4cc(OC)ccc4nc3C)CC2)c1. The summed E-state index contributed by atoms with van der Waals surface area (Å²) >= 11 is 0. The third-order valence-electron chi connectivity index (χ3n) is 5.98. The van der Waals surface area contributed by atoms with E-state index in [2.05, 4.69) is 9.88 Å². The minimum absolute atomic E-state index is 0.0262. The third-order valence-corrected chi connectivity index (χ3v) is 5.98. The average molecular weight is 436 g/mol. The van der Waals surface area contributed by atoms with Gasteiger partial charge in [0.1, 0.15) is 17.2 Å². The van der Waals surface area contributed by atoms with Crippen LogP contribution in [0.5, 0.6) is 17.2 Å². The van der Waals surface area contributed by atoms with E-state index in [0.29, 0.717) is 18.7 Å². The summed E-state index contributed by atoms with van der Waals surface area (Å²) in [6.07, 6.45) is 0. The number of pyridine rings is 1. The highest BCUT2D eigenvalue weighted by Gasteiger charge is 2.24. The largest absolute Gasteiger partial charge is 0.497 e. The monoisotopic (exact) mass is 435 g/mol. The lowest BCUT2D eigenvalue weighted by atomic mass is 10.1. The molecule has 3 aromatic rings. The summed E-state index contributed by atoms with van der Waals surface area (Å²) in [6, 6.07) is 13.5. The number of ether oxygens (including phenoxy) is 3. The molecule has 1 aliphatic heterocycles. The molecule has 168 valence electrons. The number of hydrogen-bond acceptors (Lipinski definition) is 6. The molecule has 0 atom stereocenters. The number of aromatic nitrogens is 1. The Morgan fingerprint density at radius 1 is 0.906 bits per heavy atom. The predicted octanol–water partition coefficient (Wildman–Crippen LogP) is 3.53. The zero-order chi connectivity index (χ0) is 22.7. The second-order valence-corrected chi connectivity index (χ2v) is 7.93. The van der Waals surface area contributed by atoms with Crippen molar-refractivity contribution in [1.29, 1.82) is 0 Å². The van der Waals surface area contributed by atoms with Gasteiger partial charge in [-0.15, -0.1) is 0 Å². The molecule has 1 fully saturated rings. The number of methoxy groups -OCH3 is 3. The molecule has 0 aliphatic carbocycles. The molecule has 4 rings (SSSR count). The van der Waals surface area contributed by atoms with Crippen LogP contribution in [0.25, 0.3) is 10.9 Å². The summed E-state index contributed by atoms with van der Waals surface area (Å²) in [5.41, 5.74) is 3.33. The van der Waals surface area contributed by atoms with E-state index in [-0.39, 0.29) is 5.91 Å². The normalized spacial score (nSPS) is 14.4. The van der Waals surface area contributed by atoms with Crippen LogP contribution in [0, 0.1) is 6.92 Å². The maximum Gasteiger partial charge on any atom is 0.255 e. The lowest BCUT2D eigenvalue weighted by Crippen LogP contribution is -2.48. The Morgan fingerprint density at radius 2 is 1.59 bits per heavy atom. The zero-order valence-corrected chi connectivity index (χ0v) is 19.1. The van der Waals surface area contributed by atoms with E-state index in [4.69, 9.17) is 14.2 Å². The van der Waals surface area contributed by atoms with Crippen molar-refractivity contribution < 1.29 is 19.0 Å². The topological polar surface area (TPSA) is 64.1 Å². The molecule has 0 radical (unpaired) electrons. The minimum Gasteiger partial charge on any atom is -0.497 e. The smallest absolute Gasteiger partial charge is 0.255 e. The molecule has 2 aromatic carbocycles. The van der Waals surface area contributed by atoms with Gasteiger partial charge in [-0.05, 0) is 49.4 Å². The van der Waals surface area contributed by atoms with Crippen molar-refractivity contribution in [1.82, 2.24) is 14.8 Å². The Morgan fingerprint density at radius 3 is 2.28 bits per heavy atom. The van der Waals surface area contributed by atoms with Crippen LogP contribution in [0.1, 0.15) is 21.6 Å². The van der Waals surface area contributed by atoms with Crippen molar-refractivity contribution in [2.45, 2.75) is 13.5 Å². The lowest BCUT2D eigenvalue weighted by Gasteiger charge is -2.35. The Labute approximate surface area is 188 Å². The van der Waals surface area contributed by atoms with Gasteiger partial charge in [-0.25, -0.2) is 0 Å². The molecule has 0 spiro atoms. The van der Waals surface area contributed by atoms with E-state index in [1.807, 2.05) is 54.3 Å². The molecule has 1 saturated heterocycles. The summed E-state index contributed by atoms with van der Waals surface area (Å²) in [4.78, 5) is 22.1. The number of benzene rings is 2. The summed E-state index contributed by atoms with van der Waals surface area (Å²) in [5.74, 6) is 2.43. The van der Waals surface area contributed by atoms with Gasteiger partial charge in [0, 0.05) is 43.7 Å². The number of hydrogen-bond donors (Lipinski definition) is 0. The first-order valence-electron chi connectivity index (χ1n) is 10.7. The van der Waals surface area contributed by atoms with Gasteiger partial charge in [0.15, 0.2) is 0 Å². The fourth-order valence-electron chi connectivity index (χ4n) is 4.12. The summed E-state index contributed by atoms with van der Waals surface area (Å²) < 4.78 is 16.2. The Bertz CT molecular complexity index is 1120. The van der Waals surface area contributed by atoms with Crippen molar-refractivity contribution >= 4 is 16.8 Å². The number of carbonyl (C=O) groups excluding carboxylic acids is 1. The fraction of sp³-hybridized carbons (Fsp3) is 0.360. The average Bonchev–Trinajstić information content (AvgIpc) is 2.83. The van der Waals surface area contributed by atoms with Crippen LogP contribution in [-0.4, -0.2) is 68.2 Å². The molecule has 1 aliphatic rings. The quantitative estimate of drug-likeness (QED) is 0.590. The van der Waals surface area contributed by atoms with Gasteiger partial charge >= 0.3 is 0 Å². The Kier molecular flexibility index (Phi) is 6.46. The standard InChI is InChI=1S/C25H29N3O4/c1-17-22(15-18-13-20(30-2)5-7-23(18)26-17)25(29)28-11-9-27(10-12-28)16-19-14-21(31-3)6-8-24(19)32-4/h5-8,13-15H,9-12,16H2,1-4H3. The maximum absolute atomic E-state index is 13.3. The van der Waals surface area contributed by atoms with Gasteiger partial charge in [-0.3, -0.25) is 14.7 Å². The number of rotatable bonds is 6. The number of amides is 1. The molecule has 1 aromatic heterocycles. The van der Waals surface area contributed by atoms with Crippen LogP contribution in [-0.2, 0) is 6.54 Å². The molecule has 2 heterocycles. The van der Waals surface area contributed by atoms with E-state index in [0.717, 1.165) is 59.0 Å². The highest BCUT2D eigenvalue weighted by atomic mass is 16.5. The van der Waals surface area contributed by atoms with E-state index < -0.39 is 0 Å². The van der Waals surface area contributed by atoms with E-state index in [1.165, 1.54) is 0 Å². The molecule has 0 saturated carbocycles. The van der Waals surface area contributed by atoms with Gasteiger partial charge in [0.05, 0.1) is 38.1 Å². The first-order chi connectivity index (χ1) is 15.5. The number of piperazine rings is 1. The van der Waals surface area contributed by atoms with E-state index in [9.17, 15) is 4.79 Å². The van der Waals surface area contributed by atoms with Crippen LogP contribution < -0.4 is 14.2 Å². The Balaban J connectivity index is 1.45. The summed E-state index contributed by atoms with van der Waals surface area (Å²) in [5, 5.41) is 0.905. The first kappa shape index (κ1) is 21.9. The number of fused-ring (bicyclic) bond motifs is 1. The summed E-state index contributed by atoms with van der Waals surface area (Å²) in [7, 11) is 4.97. The molecule has 0 N–H and O–H groups in total. The third kappa shape index (κ3) is 4.48. The molecular formula is C25H29N3O4. The molecule has 7 heteroatoms. The van der Waals surface area contributed by atoms with Crippen molar-refractivity contribution in [2.75, 3.05) is 47.5 Å². The van der Waals surface area contributed by atoms with Crippen LogP contribution in [0.4, 0.5) is 0 Å². The van der Waals surface area contributed by atoms with E-state index >= 15 is 0 Å². The zero-order valence-electron chi connectivity index (χ0n) is 19.1. The van der Waals surface area contributed by atoms with Crippen LogP contribution in [0.15, 0.2) is 42.5 Å². The van der Waals surface area contributed by atoms with Gasteiger partial charge in [0.25, 0.3) is 5.91 Å². The highest BCUT2D eigenvalue weighted by Crippen LogP contribution is 2.26. The number of aryl methyl sites for hydroxylation is 1. The highest BCUT2D eigenvalue weighted by molar-refractivity contribution is 5.98. The lowest BCUT2D eigenvalue weighted by molar-refractivity contribution is 0.0626. The van der Waals surface area contributed by atoms with Crippen molar-refractivity contribution in [3.63, 3.8) is 0 Å². The second-order valence-electron chi connectivity index (χ2n) is 7.93. The fourth-order valence-corrected chi connectivity index (χ4v) is 4.12. The van der Waals surface area contributed by atoms with Crippen LogP contribution >= 0.6 is 0 Å². The summed E-state index contributed by atoms with van der Waals surface area (Å²) in [6.45, 7) is 5.56.